The Hall–Kier alpha value is -3.22. The Labute approximate surface area is 185 Å². The second-order valence-corrected chi connectivity index (χ2v) is 9.09. The average Bonchev–Trinajstić information content (AvgIpc) is 2.79. The SMILES string of the molecule is CCOc1ccc(S(=O)(=O)c2c(C(=O)c3ccccc3)cnc3ccc(Cl)cc23)cc1. The number of sulfone groups is 1. The molecule has 4 aromatic rings. The van der Waals surface area contributed by atoms with Gasteiger partial charge in [0.05, 0.1) is 27.5 Å². The Bertz CT molecular complexity index is 1370. The third-order valence-corrected chi connectivity index (χ3v) is 6.88. The lowest BCUT2D eigenvalue weighted by atomic mass is 10.0. The summed E-state index contributed by atoms with van der Waals surface area (Å²) in [5, 5.41) is 0.643. The van der Waals surface area contributed by atoms with Gasteiger partial charge in [0.15, 0.2) is 5.78 Å². The predicted octanol–water partition coefficient (Wildman–Crippen LogP) is 5.35. The number of ketones is 1. The smallest absolute Gasteiger partial charge is 0.208 e. The first-order valence-corrected chi connectivity index (χ1v) is 11.4. The van der Waals surface area contributed by atoms with Crippen LogP contribution in [0.15, 0.2) is 88.8 Å². The number of aromatic nitrogens is 1. The van der Waals surface area contributed by atoms with Crippen LogP contribution < -0.4 is 4.74 Å². The number of nitrogens with zero attached hydrogens (tertiary/aromatic N) is 1. The van der Waals surface area contributed by atoms with Gasteiger partial charge in [-0.1, -0.05) is 41.9 Å². The van der Waals surface area contributed by atoms with Gasteiger partial charge >= 0.3 is 0 Å². The van der Waals surface area contributed by atoms with Crippen molar-refractivity contribution in [3.63, 3.8) is 0 Å². The molecule has 31 heavy (non-hydrogen) atoms. The number of halogens is 1. The standard InChI is InChI=1S/C24H18ClNO4S/c1-2-30-18-9-11-19(12-10-18)31(28,29)24-20-14-17(25)8-13-22(20)26-15-21(24)23(27)16-6-4-3-5-7-16/h3-15H,2H2,1H3. The molecule has 4 rings (SSSR count). The van der Waals surface area contributed by atoms with Crippen molar-refractivity contribution >= 4 is 38.1 Å². The Balaban J connectivity index is 1.98. The molecule has 0 N–H and O–H groups in total. The van der Waals surface area contributed by atoms with Crippen LogP contribution in [0, 0.1) is 0 Å². The maximum Gasteiger partial charge on any atom is 0.208 e. The molecule has 5 nitrogen and oxygen atoms in total. The van der Waals surface area contributed by atoms with Crippen molar-refractivity contribution < 1.29 is 17.9 Å². The molecular formula is C24H18ClNO4S. The van der Waals surface area contributed by atoms with Gasteiger partial charge in [0, 0.05) is 22.2 Å². The van der Waals surface area contributed by atoms with Crippen molar-refractivity contribution in [2.45, 2.75) is 16.7 Å². The third kappa shape index (κ3) is 4.04. The lowest BCUT2D eigenvalue weighted by Crippen LogP contribution is -2.12. The maximum atomic E-state index is 13.7. The highest BCUT2D eigenvalue weighted by Gasteiger charge is 2.28. The molecule has 0 aliphatic carbocycles. The largest absolute Gasteiger partial charge is 0.494 e. The van der Waals surface area contributed by atoms with Crippen molar-refractivity contribution in [1.29, 1.82) is 0 Å². The van der Waals surface area contributed by atoms with Gasteiger partial charge in [-0.15, -0.1) is 0 Å². The fourth-order valence-electron chi connectivity index (χ4n) is 3.34. The molecule has 0 aliphatic rings. The average molecular weight is 452 g/mol. The van der Waals surface area contributed by atoms with Crippen LogP contribution in [0.3, 0.4) is 0 Å². The zero-order valence-electron chi connectivity index (χ0n) is 16.6. The number of carbonyl (C=O) groups excluding carboxylic acids is 1. The van der Waals surface area contributed by atoms with Crippen LogP contribution in [0.2, 0.25) is 5.02 Å². The molecule has 1 heterocycles. The topological polar surface area (TPSA) is 73.3 Å². The first-order valence-electron chi connectivity index (χ1n) is 9.58. The third-order valence-electron chi connectivity index (χ3n) is 4.77. The van der Waals surface area contributed by atoms with Gasteiger partial charge in [-0.05, 0) is 49.4 Å². The van der Waals surface area contributed by atoms with Gasteiger partial charge in [0.25, 0.3) is 0 Å². The number of hydrogen-bond donors (Lipinski definition) is 0. The van der Waals surface area contributed by atoms with Gasteiger partial charge < -0.3 is 4.74 Å². The summed E-state index contributed by atoms with van der Waals surface area (Å²) in [6.45, 7) is 2.31. The summed E-state index contributed by atoms with van der Waals surface area (Å²) in [6.07, 6.45) is 1.31. The fraction of sp³-hybridized carbons (Fsp3) is 0.0833. The molecule has 0 atom stereocenters. The normalized spacial score (nSPS) is 11.4. The van der Waals surface area contributed by atoms with Crippen molar-refractivity contribution in [3.8, 4) is 5.75 Å². The molecule has 156 valence electrons. The van der Waals surface area contributed by atoms with Crippen molar-refractivity contribution in [2.24, 2.45) is 0 Å². The summed E-state index contributed by atoms with van der Waals surface area (Å²) in [5.41, 5.74) is 0.794. The molecule has 0 saturated carbocycles. The Kier molecular flexibility index (Phi) is 5.76. The second kappa shape index (κ2) is 8.49. The Morgan fingerprint density at radius 2 is 1.71 bits per heavy atom. The molecule has 7 heteroatoms. The number of carbonyl (C=O) groups is 1. The molecule has 0 spiro atoms. The first kappa shape index (κ1) is 21.0. The van der Waals surface area contributed by atoms with E-state index in [4.69, 9.17) is 16.3 Å². The zero-order valence-corrected chi connectivity index (χ0v) is 18.2. The first-order chi connectivity index (χ1) is 14.9. The van der Waals surface area contributed by atoms with E-state index in [1.807, 2.05) is 6.92 Å². The lowest BCUT2D eigenvalue weighted by molar-refractivity contribution is 0.103. The number of rotatable bonds is 6. The van der Waals surface area contributed by atoms with E-state index < -0.39 is 15.6 Å². The van der Waals surface area contributed by atoms with Crippen LogP contribution in [0.4, 0.5) is 0 Å². The number of ether oxygens (including phenoxy) is 1. The molecule has 0 aliphatic heterocycles. The molecule has 0 bridgehead atoms. The van der Waals surface area contributed by atoms with Crippen LogP contribution in [0.5, 0.6) is 5.75 Å². The van der Waals surface area contributed by atoms with Gasteiger partial charge in [0.1, 0.15) is 5.75 Å². The Morgan fingerprint density at radius 3 is 2.39 bits per heavy atom. The summed E-state index contributed by atoms with van der Waals surface area (Å²) in [5.74, 6) is 0.129. The van der Waals surface area contributed by atoms with E-state index in [1.165, 1.54) is 24.4 Å². The van der Waals surface area contributed by atoms with E-state index >= 15 is 0 Å². The van der Waals surface area contributed by atoms with Crippen LogP contribution in [-0.4, -0.2) is 25.8 Å². The quantitative estimate of drug-likeness (QED) is 0.369. The molecule has 0 radical (unpaired) electrons. The minimum Gasteiger partial charge on any atom is -0.494 e. The van der Waals surface area contributed by atoms with E-state index in [9.17, 15) is 13.2 Å². The van der Waals surface area contributed by atoms with Crippen LogP contribution in [0.1, 0.15) is 22.8 Å². The monoisotopic (exact) mass is 451 g/mol. The molecule has 3 aromatic carbocycles. The highest BCUT2D eigenvalue weighted by atomic mass is 35.5. The lowest BCUT2D eigenvalue weighted by Gasteiger charge is -2.14. The summed E-state index contributed by atoms with van der Waals surface area (Å²) >= 11 is 6.17. The Morgan fingerprint density at radius 1 is 1.00 bits per heavy atom. The van der Waals surface area contributed by atoms with Gasteiger partial charge in [0.2, 0.25) is 9.84 Å². The van der Waals surface area contributed by atoms with E-state index in [-0.39, 0.29) is 15.4 Å². The summed E-state index contributed by atoms with van der Waals surface area (Å²) in [6, 6.07) is 19.4. The van der Waals surface area contributed by atoms with E-state index in [2.05, 4.69) is 4.98 Å². The van der Waals surface area contributed by atoms with Crippen LogP contribution in [-0.2, 0) is 9.84 Å². The molecule has 0 amide bonds. The predicted molar refractivity (Wildman–Crippen MR) is 120 cm³/mol. The zero-order chi connectivity index (χ0) is 22.0. The minimum absolute atomic E-state index is 0.00477. The van der Waals surface area contributed by atoms with Crippen LogP contribution >= 0.6 is 11.6 Å². The summed E-state index contributed by atoms with van der Waals surface area (Å²) in [4.78, 5) is 17.5. The number of benzene rings is 3. The molecule has 0 fully saturated rings. The number of pyridine rings is 1. The van der Waals surface area contributed by atoms with Crippen molar-refractivity contribution in [2.75, 3.05) is 6.61 Å². The molecule has 0 unspecified atom stereocenters. The number of hydrogen-bond acceptors (Lipinski definition) is 5. The van der Waals surface area contributed by atoms with Gasteiger partial charge in [-0.2, -0.15) is 0 Å². The highest BCUT2D eigenvalue weighted by Crippen LogP contribution is 2.33. The van der Waals surface area contributed by atoms with E-state index in [1.54, 1.807) is 54.6 Å². The van der Waals surface area contributed by atoms with Crippen molar-refractivity contribution in [1.82, 2.24) is 4.98 Å². The highest BCUT2D eigenvalue weighted by molar-refractivity contribution is 7.91. The van der Waals surface area contributed by atoms with Crippen LogP contribution in [0.25, 0.3) is 10.9 Å². The van der Waals surface area contributed by atoms with E-state index in [0.29, 0.717) is 33.8 Å². The minimum atomic E-state index is -4.07. The van der Waals surface area contributed by atoms with Gasteiger partial charge in [-0.3, -0.25) is 9.78 Å². The van der Waals surface area contributed by atoms with E-state index in [0.717, 1.165) is 0 Å². The maximum absolute atomic E-state index is 13.7. The summed E-state index contributed by atoms with van der Waals surface area (Å²) in [7, 11) is -4.07. The summed E-state index contributed by atoms with van der Waals surface area (Å²) < 4.78 is 32.9. The molecular weight excluding hydrogens is 434 g/mol. The molecule has 1 aromatic heterocycles. The number of fused-ring (bicyclic) bond motifs is 1. The fourth-order valence-corrected chi connectivity index (χ4v) is 5.13. The second-order valence-electron chi connectivity index (χ2n) is 6.77. The van der Waals surface area contributed by atoms with Gasteiger partial charge in [-0.25, -0.2) is 8.42 Å². The molecule has 0 saturated heterocycles. The van der Waals surface area contributed by atoms with Crippen molar-refractivity contribution in [3.05, 3.63) is 95.1 Å².